The van der Waals surface area contributed by atoms with Gasteiger partial charge in [0.1, 0.15) is 5.75 Å². The molecule has 0 saturated heterocycles. The van der Waals surface area contributed by atoms with E-state index in [-0.39, 0.29) is 29.6 Å². The topological polar surface area (TPSA) is 72.2 Å². The molecule has 0 spiro atoms. The van der Waals surface area contributed by atoms with Gasteiger partial charge in [0.15, 0.2) is 5.41 Å². The molecule has 5 nitrogen and oxygen atoms in total. The van der Waals surface area contributed by atoms with Gasteiger partial charge in [0.25, 0.3) is 0 Å². The van der Waals surface area contributed by atoms with Gasteiger partial charge in [0, 0.05) is 23.1 Å². The van der Waals surface area contributed by atoms with Gasteiger partial charge in [-0.15, -0.1) is 0 Å². The summed E-state index contributed by atoms with van der Waals surface area (Å²) in [5.74, 6) is -0.588. The molecule has 6 heteroatoms. The van der Waals surface area contributed by atoms with Crippen molar-refractivity contribution in [2.75, 3.05) is 14.2 Å². The second kappa shape index (κ2) is 9.20. The van der Waals surface area contributed by atoms with E-state index in [1.54, 1.807) is 20.2 Å². The molecule has 0 N–H and O–H groups in total. The number of methoxy groups -OCH3 is 2. The standard InChI is InChI=1S/C22H20N2O3.Na.H/c1-22(14-23,21(25)27-3)20(17-9-5-7-11-19(17)26-2)16-12-13-24-18-10-6-4-8-15(16)18;;/h4-13,20H,1-3H3;;. The van der Waals surface area contributed by atoms with E-state index in [0.29, 0.717) is 5.75 Å². The fraction of sp³-hybridized carbons (Fsp3) is 0.227. The van der Waals surface area contributed by atoms with Gasteiger partial charge in [-0.2, -0.15) is 5.26 Å². The molecule has 0 aliphatic rings. The summed E-state index contributed by atoms with van der Waals surface area (Å²) >= 11 is 0. The molecular weight excluding hydrogens is 363 g/mol. The van der Waals surface area contributed by atoms with Crippen LogP contribution in [0, 0.1) is 16.7 Å². The molecule has 0 fully saturated rings. The van der Waals surface area contributed by atoms with Crippen molar-refractivity contribution in [3.63, 3.8) is 0 Å². The zero-order valence-corrected chi connectivity index (χ0v) is 15.5. The number of carbonyl (C=O) groups is 1. The Morgan fingerprint density at radius 1 is 1.07 bits per heavy atom. The van der Waals surface area contributed by atoms with Crippen molar-refractivity contribution in [2.24, 2.45) is 5.41 Å². The average molecular weight is 384 g/mol. The monoisotopic (exact) mass is 384 g/mol. The molecule has 2 atom stereocenters. The Balaban J connectivity index is 0.00000280. The van der Waals surface area contributed by atoms with Crippen LogP contribution in [0.4, 0.5) is 0 Å². The molecule has 3 rings (SSSR count). The number of rotatable bonds is 5. The van der Waals surface area contributed by atoms with Crippen LogP contribution >= 0.6 is 0 Å². The number of carbonyl (C=O) groups excluding carboxylic acids is 1. The first-order valence-corrected chi connectivity index (χ1v) is 8.53. The molecule has 2 aromatic carbocycles. The van der Waals surface area contributed by atoms with Crippen molar-refractivity contribution < 1.29 is 14.3 Å². The summed E-state index contributed by atoms with van der Waals surface area (Å²) in [6.45, 7) is 1.60. The number of pyridine rings is 1. The van der Waals surface area contributed by atoms with Gasteiger partial charge in [-0.05, 0) is 30.7 Å². The van der Waals surface area contributed by atoms with Crippen LogP contribution in [0.25, 0.3) is 10.9 Å². The van der Waals surface area contributed by atoms with Crippen LogP contribution in [0.2, 0.25) is 0 Å². The molecule has 0 aliphatic heterocycles. The van der Waals surface area contributed by atoms with Crippen molar-refractivity contribution in [3.8, 4) is 11.8 Å². The summed E-state index contributed by atoms with van der Waals surface area (Å²) in [5, 5.41) is 10.9. The molecule has 2 unspecified atom stereocenters. The van der Waals surface area contributed by atoms with Crippen LogP contribution < -0.4 is 4.74 Å². The van der Waals surface area contributed by atoms with E-state index in [9.17, 15) is 10.1 Å². The predicted octanol–water partition coefficient (Wildman–Crippen LogP) is 3.43. The van der Waals surface area contributed by atoms with Crippen LogP contribution in [0.1, 0.15) is 24.0 Å². The number of ether oxygens (including phenoxy) is 2. The first kappa shape index (κ1) is 21.9. The number of hydrogen-bond donors (Lipinski definition) is 0. The Bertz CT molecular complexity index is 1030. The second-order valence-electron chi connectivity index (χ2n) is 6.40. The third-order valence-electron chi connectivity index (χ3n) is 4.86. The van der Waals surface area contributed by atoms with E-state index >= 15 is 0 Å². The third kappa shape index (κ3) is 3.77. The van der Waals surface area contributed by atoms with Gasteiger partial charge in [-0.3, -0.25) is 9.78 Å². The molecule has 0 aliphatic carbocycles. The molecule has 0 amide bonds. The first-order valence-electron chi connectivity index (χ1n) is 8.53. The van der Waals surface area contributed by atoms with Gasteiger partial charge in [0.05, 0.1) is 25.8 Å². The average Bonchev–Trinajstić information content (AvgIpc) is 2.73. The fourth-order valence-electron chi connectivity index (χ4n) is 3.50. The Morgan fingerprint density at radius 3 is 2.43 bits per heavy atom. The Hall–Kier alpha value is -2.39. The fourth-order valence-corrected chi connectivity index (χ4v) is 3.50. The summed E-state index contributed by atoms with van der Waals surface area (Å²) in [6, 6.07) is 19.1. The summed E-state index contributed by atoms with van der Waals surface area (Å²) in [7, 11) is 2.87. The minimum atomic E-state index is -1.45. The number of fused-ring (bicyclic) bond motifs is 1. The zero-order valence-electron chi connectivity index (χ0n) is 15.5. The number of nitrogens with zero attached hydrogens (tertiary/aromatic N) is 2. The molecule has 0 bridgehead atoms. The van der Waals surface area contributed by atoms with Crippen molar-refractivity contribution in [3.05, 3.63) is 71.9 Å². The number of benzene rings is 2. The van der Waals surface area contributed by atoms with Crippen molar-refractivity contribution >= 4 is 46.4 Å². The maximum absolute atomic E-state index is 12.7. The normalized spacial score (nSPS) is 13.5. The van der Waals surface area contributed by atoms with E-state index in [1.807, 2.05) is 54.6 Å². The van der Waals surface area contributed by atoms with E-state index < -0.39 is 17.3 Å². The Kier molecular flexibility index (Phi) is 7.20. The van der Waals surface area contributed by atoms with E-state index in [4.69, 9.17) is 9.47 Å². The second-order valence-corrected chi connectivity index (χ2v) is 6.40. The number of hydrogen-bond acceptors (Lipinski definition) is 5. The van der Waals surface area contributed by atoms with Gasteiger partial charge in [-0.25, -0.2) is 0 Å². The molecule has 0 radical (unpaired) electrons. The molecule has 1 heterocycles. The van der Waals surface area contributed by atoms with Gasteiger partial charge < -0.3 is 9.47 Å². The van der Waals surface area contributed by atoms with Crippen LogP contribution in [-0.4, -0.2) is 54.7 Å². The van der Waals surface area contributed by atoms with Crippen LogP contribution in [0.3, 0.4) is 0 Å². The SMILES string of the molecule is COC(=O)C(C)(C#N)C(c1ccccc1OC)c1ccnc2ccccc12.[NaH]. The quantitative estimate of drug-likeness (QED) is 0.498. The summed E-state index contributed by atoms with van der Waals surface area (Å²) in [4.78, 5) is 17.1. The zero-order chi connectivity index (χ0) is 19.4. The number of nitriles is 1. The first-order chi connectivity index (χ1) is 13.1. The molecule has 1 aromatic heterocycles. The van der Waals surface area contributed by atoms with Crippen molar-refractivity contribution in [1.29, 1.82) is 5.26 Å². The molecule has 138 valence electrons. The number of esters is 1. The Morgan fingerprint density at radius 2 is 1.75 bits per heavy atom. The van der Waals surface area contributed by atoms with Gasteiger partial charge in [-0.1, -0.05) is 36.4 Å². The van der Waals surface area contributed by atoms with E-state index in [0.717, 1.165) is 22.0 Å². The van der Waals surface area contributed by atoms with E-state index in [2.05, 4.69) is 11.1 Å². The molecule has 0 saturated carbocycles. The molecular formula is C22H21N2NaO3. The van der Waals surface area contributed by atoms with Crippen LogP contribution in [-0.2, 0) is 9.53 Å². The van der Waals surface area contributed by atoms with Crippen LogP contribution in [0.5, 0.6) is 5.75 Å². The number of para-hydroxylation sites is 2. The summed E-state index contributed by atoms with van der Waals surface area (Å²) in [5.41, 5.74) is 0.901. The van der Waals surface area contributed by atoms with Gasteiger partial charge >= 0.3 is 35.5 Å². The summed E-state index contributed by atoms with van der Waals surface area (Å²) in [6.07, 6.45) is 1.69. The molecule has 28 heavy (non-hydrogen) atoms. The van der Waals surface area contributed by atoms with Crippen LogP contribution in [0.15, 0.2) is 60.8 Å². The predicted molar refractivity (Wildman–Crippen MR) is 109 cm³/mol. The van der Waals surface area contributed by atoms with Gasteiger partial charge in [0.2, 0.25) is 0 Å². The van der Waals surface area contributed by atoms with Crippen molar-refractivity contribution in [1.82, 2.24) is 4.98 Å². The summed E-state index contributed by atoms with van der Waals surface area (Å²) < 4.78 is 10.5. The van der Waals surface area contributed by atoms with Crippen molar-refractivity contribution in [2.45, 2.75) is 12.8 Å². The maximum atomic E-state index is 12.7. The Labute approximate surface area is 186 Å². The van der Waals surface area contributed by atoms with E-state index in [1.165, 1.54) is 7.11 Å². The number of aromatic nitrogens is 1. The minimum absolute atomic E-state index is 0. The third-order valence-corrected chi connectivity index (χ3v) is 4.86. The molecule has 3 aromatic rings.